The number of hydrogen-bond donors (Lipinski definition) is 1. The second-order valence-electron chi connectivity index (χ2n) is 2.89. The quantitative estimate of drug-likeness (QED) is 0.585. The maximum atomic E-state index is 5.96. The van der Waals surface area contributed by atoms with Crippen molar-refractivity contribution in [2.45, 2.75) is 45.1 Å². The molecule has 0 aliphatic carbocycles. The molecule has 60 valence electrons. The second kappa shape index (κ2) is 4.51. The predicted octanol–water partition coefficient (Wildman–Crippen LogP) is 2.47. The van der Waals surface area contributed by atoms with Gasteiger partial charge in [-0.1, -0.05) is 32.8 Å². The molecule has 0 aromatic carbocycles. The minimum atomic E-state index is -0.101. The molecule has 0 aliphatic rings. The molecule has 0 saturated heterocycles. The molecule has 0 aliphatic heterocycles. The normalized spacial score (nSPS) is 16.3. The molecule has 10 heavy (non-hydrogen) atoms. The molecule has 0 spiro atoms. The third-order valence-electron chi connectivity index (χ3n) is 2.06. The van der Waals surface area contributed by atoms with Gasteiger partial charge in [0, 0.05) is 5.54 Å². The van der Waals surface area contributed by atoms with E-state index in [0.717, 1.165) is 12.8 Å². The van der Waals surface area contributed by atoms with Gasteiger partial charge in [-0.15, -0.1) is 6.58 Å². The van der Waals surface area contributed by atoms with Gasteiger partial charge in [-0.3, -0.25) is 0 Å². The van der Waals surface area contributed by atoms with Gasteiger partial charge in [0.25, 0.3) is 0 Å². The van der Waals surface area contributed by atoms with Crippen molar-refractivity contribution < 1.29 is 0 Å². The molecule has 0 heterocycles. The third-order valence-corrected chi connectivity index (χ3v) is 2.06. The summed E-state index contributed by atoms with van der Waals surface area (Å²) in [5.41, 5.74) is 5.86. The molecule has 0 bridgehead atoms. The van der Waals surface area contributed by atoms with Gasteiger partial charge in [0.15, 0.2) is 0 Å². The van der Waals surface area contributed by atoms with Crippen LogP contribution in [0.3, 0.4) is 0 Å². The fourth-order valence-corrected chi connectivity index (χ4v) is 0.929. The summed E-state index contributed by atoms with van der Waals surface area (Å²) < 4.78 is 0. The van der Waals surface area contributed by atoms with Gasteiger partial charge in [0.2, 0.25) is 0 Å². The summed E-state index contributed by atoms with van der Waals surface area (Å²) in [7, 11) is 0. The van der Waals surface area contributed by atoms with Gasteiger partial charge >= 0.3 is 0 Å². The maximum absolute atomic E-state index is 5.96. The van der Waals surface area contributed by atoms with Crippen LogP contribution in [-0.4, -0.2) is 5.54 Å². The van der Waals surface area contributed by atoms with E-state index in [9.17, 15) is 0 Å². The third kappa shape index (κ3) is 3.02. The second-order valence-corrected chi connectivity index (χ2v) is 2.89. The highest BCUT2D eigenvalue weighted by Gasteiger charge is 2.16. The van der Waals surface area contributed by atoms with Gasteiger partial charge in [0.05, 0.1) is 0 Å². The zero-order valence-electron chi connectivity index (χ0n) is 7.19. The Bertz CT molecular complexity index is 98.9. The zero-order valence-corrected chi connectivity index (χ0v) is 7.19. The first-order valence-corrected chi connectivity index (χ1v) is 4.11. The van der Waals surface area contributed by atoms with Crippen molar-refractivity contribution in [2.75, 3.05) is 0 Å². The molecule has 0 saturated carbocycles. The fourth-order valence-electron chi connectivity index (χ4n) is 0.929. The van der Waals surface area contributed by atoms with Gasteiger partial charge in [-0.25, -0.2) is 0 Å². The lowest BCUT2D eigenvalue weighted by Gasteiger charge is -2.23. The van der Waals surface area contributed by atoms with E-state index in [2.05, 4.69) is 20.4 Å². The highest BCUT2D eigenvalue weighted by atomic mass is 14.7. The van der Waals surface area contributed by atoms with Crippen LogP contribution in [0.15, 0.2) is 12.7 Å². The number of hydrogen-bond acceptors (Lipinski definition) is 1. The smallest absolute Gasteiger partial charge is 0.0333 e. The predicted molar refractivity (Wildman–Crippen MR) is 46.9 cm³/mol. The Hall–Kier alpha value is -0.300. The molecule has 1 atom stereocenters. The Morgan fingerprint density at radius 1 is 1.50 bits per heavy atom. The minimum absolute atomic E-state index is 0.101. The maximum Gasteiger partial charge on any atom is 0.0333 e. The minimum Gasteiger partial charge on any atom is -0.322 e. The van der Waals surface area contributed by atoms with Crippen LogP contribution in [0, 0.1) is 0 Å². The Balaban J connectivity index is 3.68. The summed E-state index contributed by atoms with van der Waals surface area (Å²) >= 11 is 0. The first-order valence-electron chi connectivity index (χ1n) is 4.11. The first kappa shape index (κ1) is 9.70. The summed E-state index contributed by atoms with van der Waals surface area (Å²) in [6, 6.07) is 0. The summed E-state index contributed by atoms with van der Waals surface area (Å²) in [6.45, 7) is 8.02. The highest BCUT2D eigenvalue weighted by Crippen LogP contribution is 2.15. The molecule has 0 rings (SSSR count). The molecular formula is C9H19N. The van der Waals surface area contributed by atoms with E-state index < -0.39 is 0 Å². The molecule has 1 heteroatoms. The lowest BCUT2D eigenvalue weighted by atomic mass is 9.91. The van der Waals surface area contributed by atoms with E-state index >= 15 is 0 Å². The van der Waals surface area contributed by atoms with Gasteiger partial charge in [0.1, 0.15) is 0 Å². The van der Waals surface area contributed by atoms with Crippen LogP contribution < -0.4 is 5.73 Å². The summed E-state index contributed by atoms with van der Waals surface area (Å²) in [6.07, 6.45) is 6.37. The molecule has 0 amide bonds. The van der Waals surface area contributed by atoms with E-state index in [4.69, 9.17) is 5.73 Å². The topological polar surface area (TPSA) is 26.0 Å². The van der Waals surface area contributed by atoms with Crippen LogP contribution in [-0.2, 0) is 0 Å². The Labute approximate surface area is 64.3 Å². The van der Waals surface area contributed by atoms with Crippen LogP contribution in [0.4, 0.5) is 0 Å². The fraction of sp³-hybridized carbons (Fsp3) is 0.778. The molecule has 2 N–H and O–H groups in total. The van der Waals surface area contributed by atoms with E-state index in [1.807, 2.05) is 6.08 Å². The van der Waals surface area contributed by atoms with Crippen molar-refractivity contribution in [3.8, 4) is 0 Å². The van der Waals surface area contributed by atoms with Gasteiger partial charge in [-0.2, -0.15) is 0 Å². The SMILES string of the molecule is C=CC(N)(CC)CCCC. The van der Waals surface area contributed by atoms with Crippen LogP contribution in [0.5, 0.6) is 0 Å². The van der Waals surface area contributed by atoms with Gasteiger partial charge < -0.3 is 5.73 Å². The van der Waals surface area contributed by atoms with Crippen molar-refractivity contribution >= 4 is 0 Å². The average molecular weight is 141 g/mol. The molecule has 1 nitrogen and oxygen atoms in total. The van der Waals surface area contributed by atoms with Crippen LogP contribution in [0.25, 0.3) is 0 Å². The van der Waals surface area contributed by atoms with Crippen molar-refractivity contribution in [3.63, 3.8) is 0 Å². The Morgan fingerprint density at radius 3 is 2.40 bits per heavy atom. The van der Waals surface area contributed by atoms with Crippen molar-refractivity contribution in [1.82, 2.24) is 0 Å². The summed E-state index contributed by atoms with van der Waals surface area (Å²) in [5.74, 6) is 0. The molecule has 0 radical (unpaired) electrons. The van der Waals surface area contributed by atoms with E-state index in [1.165, 1.54) is 12.8 Å². The van der Waals surface area contributed by atoms with E-state index in [-0.39, 0.29) is 5.54 Å². The first-order chi connectivity index (χ1) is 4.68. The molecule has 0 fully saturated rings. The molecular weight excluding hydrogens is 122 g/mol. The number of rotatable bonds is 5. The van der Waals surface area contributed by atoms with E-state index in [1.54, 1.807) is 0 Å². The average Bonchev–Trinajstić information content (AvgIpc) is 2.00. The zero-order chi connectivity index (χ0) is 8.04. The molecule has 0 aromatic rings. The molecule has 1 unspecified atom stereocenters. The number of nitrogens with two attached hydrogens (primary N) is 1. The van der Waals surface area contributed by atoms with Crippen LogP contribution in [0.1, 0.15) is 39.5 Å². The van der Waals surface area contributed by atoms with Gasteiger partial charge in [-0.05, 0) is 12.8 Å². The number of unbranched alkanes of at least 4 members (excludes halogenated alkanes) is 1. The highest BCUT2D eigenvalue weighted by molar-refractivity contribution is 4.98. The summed E-state index contributed by atoms with van der Waals surface area (Å²) in [5, 5.41) is 0. The Morgan fingerprint density at radius 2 is 2.10 bits per heavy atom. The summed E-state index contributed by atoms with van der Waals surface area (Å²) in [4.78, 5) is 0. The standard InChI is InChI=1S/C9H19N/c1-4-7-8-9(10,5-2)6-3/h5H,2,4,6-8,10H2,1,3H3. The van der Waals surface area contributed by atoms with Crippen molar-refractivity contribution in [1.29, 1.82) is 0 Å². The van der Waals surface area contributed by atoms with Crippen LogP contribution in [0.2, 0.25) is 0 Å². The molecule has 0 aromatic heterocycles. The van der Waals surface area contributed by atoms with Crippen LogP contribution >= 0.6 is 0 Å². The van der Waals surface area contributed by atoms with E-state index in [0.29, 0.717) is 0 Å². The van der Waals surface area contributed by atoms with Crippen molar-refractivity contribution in [3.05, 3.63) is 12.7 Å². The monoisotopic (exact) mass is 141 g/mol. The Kier molecular flexibility index (Phi) is 4.37. The lowest BCUT2D eigenvalue weighted by molar-refractivity contribution is 0.452. The lowest BCUT2D eigenvalue weighted by Crippen LogP contribution is -2.36. The largest absolute Gasteiger partial charge is 0.322 e. The van der Waals surface area contributed by atoms with Crippen molar-refractivity contribution in [2.24, 2.45) is 5.73 Å².